The summed E-state index contributed by atoms with van der Waals surface area (Å²) in [7, 11) is 0. The van der Waals surface area contributed by atoms with Gasteiger partial charge in [-0.15, -0.1) is 0 Å². The molecule has 0 aromatic heterocycles. The van der Waals surface area contributed by atoms with Gasteiger partial charge in [-0.1, -0.05) is 48.9 Å². The maximum Gasteiger partial charge on any atom is 0.248 e. The van der Waals surface area contributed by atoms with E-state index < -0.39 is 0 Å². The molecule has 3 nitrogen and oxygen atoms in total. The van der Waals surface area contributed by atoms with Gasteiger partial charge in [0.05, 0.1) is 11.1 Å². The van der Waals surface area contributed by atoms with Gasteiger partial charge in [-0.05, 0) is 24.8 Å². The predicted octanol–water partition coefficient (Wildman–Crippen LogP) is 3.73. The van der Waals surface area contributed by atoms with Crippen molar-refractivity contribution >= 4 is 22.5 Å². The molecule has 1 aliphatic heterocycles. The number of hydrogen-bond donors (Lipinski definition) is 1. The van der Waals surface area contributed by atoms with Gasteiger partial charge in [0, 0.05) is 25.1 Å². The summed E-state index contributed by atoms with van der Waals surface area (Å²) in [5.41, 5.74) is 1.50. The molecule has 1 unspecified atom stereocenters. The van der Waals surface area contributed by atoms with Crippen LogP contribution in [0.15, 0.2) is 35.9 Å². The summed E-state index contributed by atoms with van der Waals surface area (Å²) in [6.07, 6.45) is 3.62. The van der Waals surface area contributed by atoms with Crippen LogP contribution in [0.4, 0.5) is 0 Å². The molecule has 1 heterocycles. The molecule has 1 fully saturated rings. The van der Waals surface area contributed by atoms with E-state index in [4.69, 9.17) is 16.3 Å². The van der Waals surface area contributed by atoms with Crippen LogP contribution in [0.1, 0.15) is 38.2 Å². The van der Waals surface area contributed by atoms with Crippen LogP contribution in [0.2, 0.25) is 0 Å². The smallest absolute Gasteiger partial charge is 0.248 e. The number of ether oxygens (including phenoxy) is 1. The van der Waals surface area contributed by atoms with Crippen molar-refractivity contribution in [1.82, 2.24) is 5.32 Å². The van der Waals surface area contributed by atoms with E-state index in [1.54, 1.807) is 0 Å². The van der Waals surface area contributed by atoms with Crippen LogP contribution < -0.4 is 5.32 Å². The maximum absolute atomic E-state index is 12.4. The Balaban J connectivity index is 2.22. The molecule has 114 valence electrons. The molecule has 2 rings (SSSR count). The highest BCUT2D eigenvalue weighted by molar-refractivity contribution is 6.51. The number of hydrogen-bond acceptors (Lipinski definition) is 2. The van der Waals surface area contributed by atoms with E-state index in [0.717, 1.165) is 31.4 Å². The average molecular weight is 308 g/mol. The van der Waals surface area contributed by atoms with Crippen LogP contribution in [-0.2, 0) is 9.53 Å². The first-order valence-electron chi connectivity index (χ1n) is 7.56. The Labute approximate surface area is 131 Å². The summed E-state index contributed by atoms with van der Waals surface area (Å²) in [5, 5.41) is 3.45. The Morgan fingerprint density at radius 3 is 2.76 bits per heavy atom. The lowest BCUT2D eigenvalue weighted by molar-refractivity contribution is -0.117. The number of amides is 1. The van der Waals surface area contributed by atoms with E-state index in [0.29, 0.717) is 23.6 Å². The highest BCUT2D eigenvalue weighted by Gasteiger charge is 2.23. The zero-order valence-electron chi connectivity index (χ0n) is 12.4. The third-order valence-corrected chi connectivity index (χ3v) is 4.00. The molecule has 0 bridgehead atoms. The van der Waals surface area contributed by atoms with Gasteiger partial charge in [0.15, 0.2) is 0 Å². The van der Waals surface area contributed by atoms with Crippen LogP contribution >= 0.6 is 11.6 Å². The average Bonchev–Trinajstić information content (AvgIpc) is 3.03. The highest BCUT2D eigenvalue weighted by atomic mass is 35.5. The van der Waals surface area contributed by atoms with Crippen molar-refractivity contribution in [3.63, 3.8) is 0 Å². The number of carbonyl (C=O) groups excluding carboxylic acids is 1. The minimum absolute atomic E-state index is 0.0822. The van der Waals surface area contributed by atoms with E-state index >= 15 is 0 Å². The van der Waals surface area contributed by atoms with Crippen molar-refractivity contribution in [3.05, 3.63) is 41.5 Å². The first-order valence-corrected chi connectivity index (χ1v) is 7.94. The van der Waals surface area contributed by atoms with Crippen LogP contribution in [0.5, 0.6) is 0 Å². The van der Waals surface area contributed by atoms with Crippen molar-refractivity contribution < 1.29 is 9.53 Å². The number of carbonyl (C=O) groups is 1. The van der Waals surface area contributed by atoms with Crippen molar-refractivity contribution in [1.29, 1.82) is 0 Å². The quantitative estimate of drug-likeness (QED) is 0.813. The van der Waals surface area contributed by atoms with Crippen LogP contribution in [0.25, 0.3) is 5.03 Å². The molecule has 4 heteroatoms. The number of nitrogens with one attached hydrogen (secondary N) is 1. The predicted molar refractivity (Wildman–Crippen MR) is 86.1 cm³/mol. The minimum atomic E-state index is -0.0822. The van der Waals surface area contributed by atoms with E-state index in [-0.39, 0.29) is 12.0 Å². The Bertz CT molecular complexity index is 493. The third kappa shape index (κ3) is 4.58. The molecule has 1 amide bonds. The molecule has 0 saturated carbocycles. The fraction of sp³-hybridized carbons (Fsp3) is 0.471. The summed E-state index contributed by atoms with van der Waals surface area (Å²) in [6, 6.07) is 9.62. The van der Waals surface area contributed by atoms with E-state index in [1.165, 1.54) is 0 Å². The molecule has 1 atom stereocenters. The normalized spacial score (nSPS) is 19.2. The molecule has 0 radical (unpaired) electrons. The Hall–Kier alpha value is -1.32. The molecule has 21 heavy (non-hydrogen) atoms. The molecule has 1 saturated heterocycles. The first kappa shape index (κ1) is 16.1. The second-order valence-electron chi connectivity index (χ2n) is 5.25. The van der Waals surface area contributed by atoms with E-state index in [9.17, 15) is 4.79 Å². The summed E-state index contributed by atoms with van der Waals surface area (Å²) in [4.78, 5) is 12.4. The lowest BCUT2D eigenvalue weighted by atomic mass is 10.0. The summed E-state index contributed by atoms with van der Waals surface area (Å²) in [5.74, 6) is -0.0822. The van der Waals surface area contributed by atoms with Gasteiger partial charge in [0.2, 0.25) is 5.91 Å². The Morgan fingerprint density at radius 2 is 2.14 bits per heavy atom. The fourth-order valence-corrected chi connectivity index (χ4v) is 2.71. The van der Waals surface area contributed by atoms with Crippen molar-refractivity contribution in [2.24, 2.45) is 0 Å². The molecule has 1 aromatic rings. The Morgan fingerprint density at radius 1 is 1.38 bits per heavy atom. The molecule has 1 N–H and O–H groups in total. The highest BCUT2D eigenvalue weighted by Crippen LogP contribution is 2.29. The van der Waals surface area contributed by atoms with Gasteiger partial charge in [0.25, 0.3) is 0 Å². The van der Waals surface area contributed by atoms with Gasteiger partial charge in [-0.25, -0.2) is 0 Å². The largest absolute Gasteiger partial charge is 0.378 e. The van der Waals surface area contributed by atoms with Gasteiger partial charge in [0.1, 0.15) is 0 Å². The standard InChI is InChI=1S/C17H22ClNO2/c1-2-10-19-17(20)15(12-14-9-6-11-21-14)16(18)13-7-4-3-5-8-13/h3-5,7-8,14H,2,6,9-12H2,1H3,(H,19,20)/b16-15-. The molecule has 0 aliphatic carbocycles. The second kappa shape index (κ2) is 8.20. The lowest BCUT2D eigenvalue weighted by Gasteiger charge is -2.15. The topological polar surface area (TPSA) is 38.3 Å². The van der Waals surface area contributed by atoms with Crippen LogP contribution in [0.3, 0.4) is 0 Å². The number of halogens is 1. The van der Waals surface area contributed by atoms with Crippen molar-refractivity contribution in [2.75, 3.05) is 13.2 Å². The SMILES string of the molecule is CCCNC(=O)/C(CC1CCCO1)=C(\Cl)c1ccccc1. The minimum Gasteiger partial charge on any atom is -0.378 e. The monoisotopic (exact) mass is 307 g/mol. The molecule has 1 aromatic carbocycles. The van der Waals surface area contributed by atoms with Gasteiger partial charge < -0.3 is 10.1 Å². The molecular weight excluding hydrogens is 286 g/mol. The fourth-order valence-electron chi connectivity index (χ4n) is 2.42. The van der Waals surface area contributed by atoms with Crippen molar-refractivity contribution in [2.45, 2.75) is 38.7 Å². The summed E-state index contributed by atoms with van der Waals surface area (Å²) in [6.45, 7) is 3.47. The molecular formula is C17H22ClNO2. The van der Waals surface area contributed by atoms with E-state index in [2.05, 4.69) is 5.32 Å². The van der Waals surface area contributed by atoms with Crippen LogP contribution in [-0.4, -0.2) is 25.2 Å². The second-order valence-corrected chi connectivity index (χ2v) is 5.63. The van der Waals surface area contributed by atoms with Gasteiger partial charge in [-0.3, -0.25) is 4.79 Å². The number of rotatable bonds is 6. The van der Waals surface area contributed by atoms with Gasteiger partial charge >= 0.3 is 0 Å². The van der Waals surface area contributed by atoms with Crippen LogP contribution in [0, 0.1) is 0 Å². The molecule has 0 spiro atoms. The number of benzene rings is 1. The lowest BCUT2D eigenvalue weighted by Crippen LogP contribution is -2.28. The Kier molecular flexibility index (Phi) is 6.27. The van der Waals surface area contributed by atoms with Crippen molar-refractivity contribution in [3.8, 4) is 0 Å². The zero-order chi connectivity index (χ0) is 15.1. The first-order chi connectivity index (χ1) is 10.2. The van der Waals surface area contributed by atoms with E-state index in [1.807, 2.05) is 37.3 Å². The summed E-state index contributed by atoms with van der Waals surface area (Å²) >= 11 is 6.49. The third-order valence-electron chi connectivity index (χ3n) is 3.56. The van der Waals surface area contributed by atoms with Gasteiger partial charge in [-0.2, -0.15) is 0 Å². The zero-order valence-corrected chi connectivity index (χ0v) is 13.2. The summed E-state index contributed by atoms with van der Waals surface area (Å²) < 4.78 is 5.65. The maximum atomic E-state index is 12.4. The molecule has 1 aliphatic rings.